The van der Waals surface area contributed by atoms with Gasteiger partial charge in [0.05, 0.1) is 10.6 Å². The van der Waals surface area contributed by atoms with Crippen LogP contribution in [0.4, 0.5) is 11.4 Å². The Morgan fingerprint density at radius 2 is 1.97 bits per heavy atom. The summed E-state index contributed by atoms with van der Waals surface area (Å²) in [4.78, 5) is 47.5. The molecule has 1 aliphatic rings. The van der Waals surface area contributed by atoms with Gasteiger partial charge in [-0.15, -0.1) is 0 Å². The number of nitro groups is 1. The molecule has 0 atom stereocenters. The van der Waals surface area contributed by atoms with Crippen molar-refractivity contribution in [2.75, 3.05) is 31.2 Å². The van der Waals surface area contributed by atoms with E-state index in [1.165, 1.54) is 12.1 Å². The number of anilines is 1. The molecular weight excluding hydrogens is 394 g/mol. The van der Waals surface area contributed by atoms with Gasteiger partial charge < -0.3 is 14.8 Å². The molecule has 1 N–H and O–H groups in total. The Morgan fingerprint density at radius 1 is 1.20 bits per heavy atom. The summed E-state index contributed by atoms with van der Waals surface area (Å²) < 4.78 is 10.2. The molecule has 30 heavy (non-hydrogen) atoms. The van der Waals surface area contributed by atoms with Crippen molar-refractivity contribution in [1.29, 1.82) is 0 Å². The largest absolute Gasteiger partial charge is 0.482 e. The molecule has 10 heteroatoms. The molecule has 2 aromatic rings. The Balaban J connectivity index is 1.51. The number of carbonyl (C=O) groups is 3. The summed E-state index contributed by atoms with van der Waals surface area (Å²) in [6, 6.07) is 13.3. The van der Waals surface area contributed by atoms with E-state index in [-0.39, 0.29) is 23.7 Å². The van der Waals surface area contributed by atoms with Gasteiger partial charge in [0.15, 0.2) is 13.2 Å². The fraction of sp³-hybridized carbons (Fsp3) is 0.250. The second-order valence-electron chi connectivity index (χ2n) is 6.42. The van der Waals surface area contributed by atoms with E-state index in [0.717, 1.165) is 16.5 Å². The molecule has 0 aliphatic carbocycles. The Kier molecular flexibility index (Phi) is 6.58. The molecule has 1 aliphatic heterocycles. The Bertz CT molecular complexity index is 962. The second-order valence-corrected chi connectivity index (χ2v) is 6.42. The van der Waals surface area contributed by atoms with Crippen molar-refractivity contribution in [3.05, 3.63) is 64.2 Å². The number of amides is 2. The molecule has 2 amide bonds. The third kappa shape index (κ3) is 5.31. The number of nitrogens with zero attached hydrogens (tertiary/aromatic N) is 2. The summed E-state index contributed by atoms with van der Waals surface area (Å²) in [6.07, 6.45) is 0.637. The first kappa shape index (κ1) is 20.8. The number of nitro benzene ring substituents is 1. The normalized spacial score (nSPS) is 12.5. The number of ether oxygens (including phenoxy) is 2. The molecule has 0 unspecified atom stereocenters. The topological polar surface area (TPSA) is 128 Å². The van der Waals surface area contributed by atoms with E-state index in [4.69, 9.17) is 9.47 Å². The third-order valence-electron chi connectivity index (χ3n) is 4.33. The fourth-order valence-corrected chi connectivity index (χ4v) is 2.84. The smallest absolute Gasteiger partial charge is 0.326 e. The van der Waals surface area contributed by atoms with E-state index >= 15 is 0 Å². The van der Waals surface area contributed by atoms with Crippen LogP contribution in [0, 0.1) is 10.1 Å². The highest BCUT2D eigenvalue weighted by molar-refractivity contribution is 6.01. The van der Waals surface area contributed by atoms with Crippen molar-refractivity contribution >= 4 is 29.2 Å². The Labute approximate surface area is 171 Å². The lowest BCUT2D eigenvalue weighted by Crippen LogP contribution is -2.43. The second kappa shape index (κ2) is 9.50. The minimum atomic E-state index is -0.819. The summed E-state index contributed by atoms with van der Waals surface area (Å²) in [7, 11) is 0. The summed E-state index contributed by atoms with van der Waals surface area (Å²) in [5, 5.41) is 13.6. The van der Waals surface area contributed by atoms with Gasteiger partial charge in [-0.3, -0.25) is 29.4 Å². The van der Waals surface area contributed by atoms with Crippen LogP contribution in [-0.4, -0.2) is 49.0 Å². The average molecular weight is 413 g/mol. The van der Waals surface area contributed by atoms with Crippen LogP contribution in [0.3, 0.4) is 0 Å². The highest BCUT2D eigenvalue weighted by atomic mass is 16.6. The van der Waals surface area contributed by atoms with Crippen molar-refractivity contribution < 1.29 is 28.8 Å². The van der Waals surface area contributed by atoms with Crippen LogP contribution in [-0.2, 0) is 25.5 Å². The van der Waals surface area contributed by atoms with Crippen molar-refractivity contribution in [3.63, 3.8) is 0 Å². The minimum absolute atomic E-state index is 0.102. The zero-order valence-corrected chi connectivity index (χ0v) is 15.9. The SMILES string of the molecule is O=C(COC(=O)CN1C(=O)COc2ccc([N+](=O)[O-])cc21)NCCc1ccccc1. The molecular formula is C20H19N3O7. The molecule has 0 bridgehead atoms. The molecule has 0 aromatic heterocycles. The van der Waals surface area contributed by atoms with E-state index in [2.05, 4.69) is 5.32 Å². The van der Waals surface area contributed by atoms with E-state index in [1.54, 1.807) is 0 Å². The molecule has 0 spiro atoms. The first-order chi connectivity index (χ1) is 14.4. The summed E-state index contributed by atoms with van der Waals surface area (Å²) >= 11 is 0. The third-order valence-corrected chi connectivity index (χ3v) is 4.33. The van der Waals surface area contributed by atoms with E-state index in [9.17, 15) is 24.5 Å². The Hall–Kier alpha value is -3.95. The molecule has 0 radical (unpaired) electrons. The maximum atomic E-state index is 12.1. The maximum absolute atomic E-state index is 12.1. The van der Waals surface area contributed by atoms with E-state index in [0.29, 0.717) is 13.0 Å². The van der Waals surface area contributed by atoms with Gasteiger partial charge in [-0.2, -0.15) is 0 Å². The lowest BCUT2D eigenvalue weighted by Gasteiger charge is -2.28. The predicted molar refractivity (Wildman–Crippen MR) is 105 cm³/mol. The molecule has 10 nitrogen and oxygen atoms in total. The van der Waals surface area contributed by atoms with E-state index < -0.39 is 35.9 Å². The van der Waals surface area contributed by atoms with Crippen LogP contribution in [0.5, 0.6) is 5.75 Å². The number of benzene rings is 2. The number of nitrogens with one attached hydrogen (secondary N) is 1. The van der Waals surface area contributed by atoms with Crippen LogP contribution >= 0.6 is 0 Å². The van der Waals surface area contributed by atoms with Gasteiger partial charge in [-0.1, -0.05) is 30.3 Å². The van der Waals surface area contributed by atoms with Crippen molar-refractivity contribution in [3.8, 4) is 5.75 Å². The molecule has 0 fully saturated rings. The fourth-order valence-electron chi connectivity index (χ4n) is 2.84. The highest BCUT2D eigenvalue weighted by Crippen LogP contribution is 2.35. The zero-order chi connectivity index (χ0) is 21.5. The maximum Gasteiger partial charge on any atom is 0.326 e. The first-order valence-electron chi connectivity index (χ1n) is 9.12. The van der Waals surface area contributed by atoms with Gasteiger partial charge in [0, 0.05) is 18.7 Å². The summed E-state index contributed by atoms with van der Waals surface area (Å²) in [5.74, 6) is -1.59. The zero-order valence-electron chi connectivity index (χ0n) is 15.9. The Morgan fingerprint density at radius 3 is 2.70 bits per heavy atom. The predicted octanol–water partition coefficient (Wildman–Crippen LogP) is 1.22. The van der Waals surface area contributed by atoms with E-state index in [1.807, 2.05) is 30.3 Å². The monoisotopic (exact) mass is 413 g/mol. The van der Waals surface area contributed by atoms with Gasteiger partial charge in [0.1, 0.15) is 12.3 Å². The number of carbonyl (C=O) groups excluding carboxylic acids is 3. The number of rotatable bonds is 8. The minimum Gasteiger partial charge on any atom is -0.482 e. The van der Waals surface area contributed by atoms with Gasteiger partial charge in [0.25, 0.3) is 17.5 Å². The number of non-ortho nitro benzene ring substituents is 1. The summed E-state index contributed by atoms with van der Waals surface area (Å²) in [6.45, 7) is -0.904. The van der Waals surface area contributed by atoms with Crippen LogP contribution < -0.4 is 15.0 Å². The van der Waals surface area contributed by atoms with Crippen molar-refractivity contribution in [2.45, 2.75) is 6.42 Å². The molecule has 3 rings (SSSR count). The van der Waals surface area contributed by atoms with Crippen LogP contribution in [0.25, 0.3) is 0 Å². The molecule has 0 saturated heterocycles. The quantitative estimate of drug-likeness (QED) is 0.391. The number of hydrogen-bond donors (Lipinski definition) is 1. The number of fused-ring (bicyclic) bond motifs is 1. The van der Waals surface area contributed by atoms with Gasteiger partial charge in [-0.25, -0.2) is 0 Å². The standard InChI is InChI=1S/C20H19N3O7/c24-18(21-9-8-14-4-2-1-3-5-14)12-30-20(26)11-22-16-10-15(23(27)28)6-7-17(16)29-13-19(22)25/h1-7,10H,8-9,11-13H2,(H,21,24). The van der Waals surface area contributed by atoms with Gasteiger partial charge in [-0.05, 0) is 18.1 Å². The van der Waals surface area contributed by atoms with Gasteiger partial charge >= 0.3 is 5.97 Å². The highest BCUT2D eigenvalue weighted by Gasteiger charge is 2.29. The number of esters is 1. The van der Waals surface area contributed by atoms with Crippen LogP contribution in [0.2, 0.25) is 0 Å². The van der Waals surface area contributed by atoms with Crippen molar-refractivity contribution in [2.24, 2.45) is 0 Å². The number of hydrogen-bond acceptors (Lipinski definition) is 7. The van der Waals surface area contributed by atoms with Crippen LogP contribution in [0.1, 0.15) is 5.56 Å². The molecule has 1 heterocycles. The van der Waals surface area contributed by atoms with Crippen molar-refractivity contribution in [1.82, 2.24) is 5.32 Å². The van der Waals surface area contributed by atoms with Gasteiger partial charge in [0.2, 0.25) is 0 Å². The molecule has 0 saturated carbocycles. The average Bonchev–Trinajstić information content (AvgIpc) is 2.74. The summed E-state index contributed by atoms with van der Waals surface area (Å²) in [5.41, 5.74) is 0.918. The molecule has 2 aromatic carbocycles. The lowest BCUT2D eigenvalue weighted by molar-refractivity contribution is -0.384. The van der Waals surface area contributed by atoms with Crippen LogP contribution in [0.15, 0.2) is 48.5 Å². The molecule has 156 valence electrons. The first-order valence-corrected chi connectivity index (χ1v) is 9.12. The lowest BCUT2D eigenvalue weighted by atomic mass is 10.1.